The molecule has 1 heterocycles. The summed E-state index contributed by atoms with van der Waals surface area (Å²) in [6.45, 7) is 1.97. The first-order valence-electron chi connectivity index (χ1n) is 4.59. The number of carbonyl (C=O) groups is 2. The molecule has 0 atom stereocenters. The molecule has 0 unspecified atom stereocenters. The number of hydrogen-bond acceptors (Lipinski definition) is 4. The van der Waals surface area contributed by atoms with Crippen LogP contribution >= 0.6 is 0 Å². The molecule has 0 aromatic carbocycles. The van der Waals surface area contributed by atoms with Crippen LogP contribution in [0.3, 0.4) is 0 Å². The molecular formula is C8H12N4O3. The second-order valence-corrected chi connectivity index (χ2v) is 2.96. The maximum absolute atomic E-state index is 11.2. The SMILES string of the molecule is CCCCC(=O)Nc1n[nH]c(C(=O)O)n1. The lowest BCUT2D eigenvalue weighted by atomic mass is 10.2. The number of carboxylic acid groups (broad SMARTS) is 1. The van der Waals surface area contributed by atoms with E-state index >= 15 is 0 Å². The minimum absolute atomic E-state index is 0.00602. The van der Waals surface area contributed by atoms with Crippen molar-refractivity contribution in [2.24, 2.45) is 0 Å². The summed E-state index contributed by atoms with van der Waals surface area (Å²) in [7, 11) is 0. The molecule has 15 heavy (non-hydrogen) atoms. The second-order valence-electron chi connectivity index (χ2n) is 2.96. The number of aromatic carboxylic acids is 1. The highest BCUT2D eigenvalue weighted by atomic mass is 16.4. The number of nitrogens with zero attached hydrogens (tertiary/aromatic N) is 2. The minimum atomic E-state index is -1.21. The van der Waals surface area contributed by atoms with Crippen LogP contribution in [0.2, 0.25) is 0 Å². The van der Waals surface area contributed by atoms with Gasteiger partial charge in [0, 0.05) is 6.42 Å². The van der Waals surface area contributed by atoms with E-state index in [-0.39, 0.29) is 17.7 Å². The molecule has 0 aliphatic rings. The molecule has 1 rings (SSSR count). The normalized spacial score (nSPS) is 9.93. The third kappa shape index (κ3) is 3.37. The Labute approximate surface area is 85.9 Å². The van der Waals surface area contributed by atoms with Gasteiger partial charge in [-0.1, -0.05) is 13.3 Å². The third-order valence-corrected chi connectivity index (χ3v) is 1.70. The van der Waals surface area contributed by atoms with Crippen molar-refractivity contribution in [3.8, 4) is 0 Å². The predicted molar refractivity (Wildman–Crippen MR) is 51.5 cm³/mol. The highest BCUT2D eigenvalue weighted by molar-refractivity contribution is 5.89. The Kier molecular flexibility index (Phi) is 3.78. The molecule has 0 saturated heterocycles. The van der Waals surface area contributed by atoms with Crippen LogP contribution in [-0.2, 0) is 4.79 Å². The third-order valence-electron chi connectivity index (χ3n) is 1.70. The summed E-state index contributed by atoms with van der Waals surface area (Å²) in [5.74, 6) is -1.72. The van der Waals surface area contributed by atoms with Crippen LogP contribution < -0.4 is 5.32 Å². The van der Waals surface area contributed by atoms with Crippen molar-refractivity contribution in [1.29, 1.82) is 0 Å². The van der Waals surface area contributed by atoms with Gasteiger partial charge in [-0.25, -0.2) is 4.79 Å². The lowest BCUT2D eigenvalue weighted by Crippen LogP contribution is -2.12. The van der Waals surface area contributed by atoms with Crippen molar-refractivity contribution in [3.63, 3.8) is 0 Å². The fraction of sp³-hybridized carbons (Fsp3) is 0.500. The van der Waals surface area contributed by atoms with Crippen molar-refractivity contribution >= 4 is 17.8 Å². The van der Waals surface area contributed by atoms with E-state index in [1.165, 1.54) is 0 Å². The Balaban J connectivity index is 2.50. The van der Waals surface area contributed by atoms with Crippen molar-refractivity contribution in [1.82, 2.24) is 15.2 Å². The zero-order valence-corrected chi connectivity index (χ0v) is 8.28. The van der Waals surface area contributed by atoms with Crippen LogP contribution in [0.15, 0.2) is 0 Å². The Morgan fingerprint density at radius 2 is 2.27 bits per heavy atom. The van der Waals surface area contributed by atoms with Gasteiger partial charge in [0.1, 0.15) is 0 Å². The lowest BCUT2D eigenvalue weighted by molar-refractivity contribution is -0.116. The smallest absolute Gasteiger partial charge is 0.373 e. The first-order valence-corrected chi connectivity index (χ1v) is 4.59. The molecule has 0 bridgehead atoms. The van der Waals surface area contributed by atoms with Crippen molar-refractivity contribution in [2.75, 3.05) is 5.32 Å². The zero-order chi connectivity index (χ0) is 11.3. The van der Waals surface area contributed by atoms with Crippen LogP contribution in [0.4, 0.5) is 5.95 Å². The number of aromatic nitrogens is 3. The van der Waals surface area contributed by atoms with E-state index in [0.717, 1.165) is 12.8 Å². The molecule has 0 radical (unpaired) electrons. The summed E-state index contributed by atoms with van der Waals surface area (Å²) in [5, 5.41) is 16.7. The fourth-order valence-corrected chi connectivity index (χ4v) is 0.938. The number of amides is 1. The molecule has 0 saturated carbocycles. The summed E-state index contributed by atoms with van der Waals surface area (Å²) in [5.41, 5.74) is 0. The second kappa shape index (κ2) is 5.08. The Hall–Kier alpha value is -1.92. The number of H-pyrrole nitrogens is 1. The maximum atomic E-state index is 11.2. The van der Waals surface area contributed by atoms with E-state index in [2.05, 4.69) is 20.5 Å². The molecule has 7 nitrogen and oxygen atoms in total. The molecule has 0 aliphatic carbocycles. The van der Waals surface area contributed by atoms with Gasteiger partial charge in [-0.2, -0.15) is 4.98 Å². The summed E-state index contributed by atoms with van der Waals surface area (Å²) in [6, 6.07) is 0. The van der Waals surface area contributed by atoms with E-state index in [9.17, 15) is 9.59 Å². The molecular weight excluding hydrogens is 200 g/mol. The molecule has 1 amide bonds. The van der Waals surface area contributed by atoms with Gasteiger partial charge in [0.2, 0.25) is 17.7 Å². The Bertz CT molecular complexity index is 361. The largest absolute Gasteiger partial charge is 0.475 e. The first-order chi connectivity index (χ1) is 7.13. The van der Waals surface area contributed by atoms with Crippen LogP contribution in [-0.4, -0.2) is 32.2 Å². The highest BCUT2D eigenvalue weighted by Gasteiger charge is 2.11. The number of anilines is 1. The average Bonchev–Trinajstić information content (AvgIpc) is 2.63. The maximum Gasteiger partial charge on any atom is 0.373 e. The number of unbranched alkanes of at least 4 members (excludes halogenated alkanes) is 1. The van der Waals surface area contributed by atoms with Crippen molar-refractivity contribution < 1.29 is 14.7 Å². The summed E-state index contributed by atoms with van der Waals surface area (Å²) < 4.78 is 0. The Morgan fingerprint density at radius 3 is 2.80 bits per heavy atom. The van der Waals surface area contributed by atoms with Gasteiger partial charge in [-0.05, 0) is 6.42 Å². The Morgan fingerprint density at radius 1 is 1.53 bits per heavy atom. The van der Waals surface area contributed by atoms with Crippen molar-refractivity contribution in [3.05, 3.63) is 5.82 Å². The standard InChI is InChI=1S/C8H12N4O3/c1-2-3-4-5(13)9-8-10-6(7(14)15)11-12-8/h2-4H2,1H3,(H,14,15)(H2,9,10,11,12,13). The molecule has 1 aromatic heterocycles. The number of carbonyl (C=O) groups excluding carboxylic acids is 1. The van der Waals surface area contributed by atoms with E-state index in [4.69, 9.17) is 5.11 Å². The number of nitrogens with one attached hydrogen (secondary N) is 2. The molecule has 0 spiro atoms. The molecule has 7 heteroatoms. The van der Waals surface area contributed by atoms with Gasteiger partial charge in [0.15, 0.2) is 0 Å². The average molecular weight is 212 g/mol. The summed E-state index contributed by atoms with van der Waals surface area (Å²) in [4.78, 5) is 25.2. The molecule has 0 aliphatic heterocycles. The van der Waals surface area contributed by atoms with Gasteiger partial charge in [0.25, 0.3) is 0 Å². The minimum Gasteiger partial charge on any atom is -0.475 e. The molecule has 1 aromatic rings. The van der Waals surface area contributed by atoms with Crippen LogP contribution in [0, 0.1) is 0 Å². The van der Waals surface area contributed by atoms with Gasteiger partial charge < -0.3 is 5.11 Å². The van der Waals surface area contributed by atoms with E-state index in [1.54, 1.807) is 0 Å². The number of rotatable bonds is 5. The van der Waals surface area contributed by atoms with Crippen LogP contribution in [0.25, 0.3) is 0 Å². The highest BCUT2D eigenvalue weighted by Crippen LogP contribution is 2.01. The fourth-order valence-electron chi connectivity index (χ4n) is 0.938. The van der Waals surface area contributed by atoms with Crippen LogP contribution in [0.1, 0.15) is 36.8 Å². The number of aromatic amines is 1. The van der Waals surface area contributed by atoms with Crippen molar-refractivity contribution in [2.45, 2.75) is 26.2 Å². The predicted octanol–water partition coefficient (Wildman–Crippen LogP) is 0.632. The summed E-state index contributed by atoms with van der Waals surface area (Å²) in [6.07, 6.45) is 2.08. The van der Waals surface area contributed by atoms with Gasteiger partial charge in [-0.15, -0.1) is 5.10 Å². The van der Waals surface area contributed by atoms with Crippen LogP contribution in [0.5, 0.6) is 0 Å². The van der Waals surface area contributed by atoms with Gasteiger partial charge >= 0.3 is 5.97 Å². The quantitative estimate of drug-likeness (QED) is 0.663. The molecule has 0 fully saturated rings. The molecule has 3 N–H and O–H groups in total. The number of hydrogen-bond donors (Lipinski definition) is 3. The van der Waals surface area contributed by atoms with E-state index in [1.807, 2.05) is 6.92 Å². The van der Waals surface area contributed by atoms with Gasteiger partial charge in [0.05, 0.1) is 0 Å². The summed E-state index contributed by atoms with van der Waals surface area (Å²) >= 11 is 0. The molecule has 82 valence electrons. The lowest BCUT2D eigenvalue weighted by Gasteiger charge is -1.97. The first kappa shape index (κ1) is 11.2. The number of carboxylic acids is 1. The topological polar surface area (TPSA) is 108 Å². The van der Waals surface area contributed by atoms with E-state index in [0.29, 0.717) is 6.42 Å². The van der Waals surface area contributed by atoms with E-state index < -0.39 is 5.97 Å². The van der Waals surface area contributed by atoms with Gasteiger partial charge in [-0.3, -0.25) is 15.2 Å². The zero-order valence-electron chi connectivity index (χ0n) is 8.28. The monoisotopic (exact) mass is 212 g/mol.